The van der Waals surface area contributed by atoms with Crippen molar-refractivity contribution in [2.75, 3.05) is 32.8 Å². The van der Waals surface area contributed by atoms with Crippen molar-refractivity contribution in [1.82, 2.24) is 20.0 Å². The SMILES string of the molecule is CCOC(=O)N1CC[C@@H](N2CCC(N3C(=O)N[C@@H]4CCCC[C@H]43)CC2)C1. The van der Waals surface area contributed by atoms with Crippen molar-refractivity contribution in [1.29, 1.82) is 0 Å². The van der Waals surface area contributed by atoms with Gasteiger partial charge in [0.15, 0.2) is 0 Å². The van der Waals surface area contributed by atoms with Crippen LogP contribution in [0.1, 0.15) is 51.9 Å². The molecule has 4 aliphatic rings. The molecule has 1 N–H and O–H groups in total. The van der Waals surface area contributed by atoms with Crippen LogP contribution in [0.15, 0.2) is 0 Å². The summed E-state index contributed by atoms with van der Waals surface area (Å²) in [7, 11) is 0. The predicted octanol–water partition coefficient (Wildman–Crippen LogP) is 2.02. The Kier molecular flexibility index (Phi) is 5.25. The number of hydrogen-bond donors (Lipinski definition) is 1. The molecule has 0 aromatic rings. The summed E-state index contributed by atoms with van der Waals surface area (Å²) in [5.74, 6) is 0. The average molecular weight is 364 g/mol. The molecule has 3 aliphatic heterocycles. The molecule has 7 nitrogen and oxygen atoms in total. The van der Waals surface area contributed by atoms with Gasteiger partial charge in [-0.15, -0.1) is 0 Å². The third-order valence-electron chi connectivity index (χ3n) is 6.73. The smallest absolute Gasteiger partial charge is 0.409 e. The first-order valence-corrected chi connectivity index (χ1v) is 10.4. The Morgan fingerprint density at radius 1 is 1.08 bits per heavy atom. The molecule has 0 radical (unpaired) electrons. The molecular weight excluding hydrogens is 332 g/mol. The minimum atomic E-state index is -0.179. The van der Waals surface area contributed by atoms with E-state index < -0.39 is 0 Å². The Morgan fingerprint density at radius 3 is 2.58 bits per heavy atom. The fourth-order valence-corrected chi connectivity index (χ4v) is 5.38. The van der Waals surface area contributed by atoms with E-state index in [0.29, 0.717) is 30.8 Å². The van der Waals surface area contributed by atoms with Crippen molar-refractivity contribution < 1.29 is 14.3 Å². The molecule has 7 heteroatoms. The lowest BCUT2D eigenvalue weighted by molar-refractivity contribution is 0.0796. The summed E-state index contributed by atoms with van der Waals surface area (Å²) in [5, 5.41) is 3.22. The minimum absolute atomic E-state index is 0.162. The molecule has 1 aliphatic carbocycles. The summed E-state index contributed by atoms with van der Waals surface area (Å²) in [4.78, 5) is 30.9. The Morgan fingerprint density at radius 2 is 1.81 bits per heavy atom. The molecule has 3 atom stereocenters. The van der Waals surface area contributed by atoms with Crippen LogP contribution in [-0.2, 0) is 4.74 Å². The monoisotopic (exact) mass is 364 g/mol. The number of piperidine rings is 1. The van der Waals surface area contributed by atoms with Gasteiger partial charge in [-0.05, 0) is 39.0 Å². The lowest BCUT2D eigenvalue weighted by Crippen LogP contribution is -2.52. The zero-order valence-corrected chi connectivity index (χ0v) is 15.9. The molecule has 3 saturated heterocycles. The van der Waals surface area contributed by atoms with Gasteiger partial charge in [0, 0.05) is 38.3 Å². The minimum Gasteiger partial charge on any atom is -0.450 e. The first-order valence-electron chi connectivity index (χ1n) is 10.4. The predicted molar refractivity (Wildman–Crippen MR) is 98.0 cm³/mol. The molecular formula is C19H32N4O3. The van der Waals surface area contributed by atoms with Gasteiger partial charge in [0.2, 0.25) is 0 Å². The standard InChI is InChI=1S/C19H32N4O3/c1-2-26-19(25)22-12-9-15(13-22)21-10-7-14(8-11-21)23-17-6-4-3-5-16(17)20-18(23)24/h14-17H,2-13H2,1H3,(H,20,24)/t15-,16-,17-/m1/s1. The van der Waals surface area contributed by atoms with E-state index in [4.69, 9.17) is 4.74 Å². The van der Waals surface area contributed by atoms with Crippen LogP contribution in [0.2, 0.25) is 0 Å². The molecule has 3 heterocycles. The van der Waals surface area contributed by atoms with Gasteiger partial charge >= 0.3 is 12.1 Å². The summed E-state index contributed by atoms with van der Waals surface area (Å²) in [6.07, 6.45) is 7.72. The van der Waals surface area contributed by atoms with E-state index in [1.807, 2.05) is 11.8 Å². The van der Waals surface area contributed by atoms with Gasteiger partial charge in [-0.25, -0.2) is 9.59 Å². The van der Waals surface area contributed by atoms with Gasteiger partial charge in [0.25, 0.3) is 0 Å². The van der Waals surface area contributed by atoms with Crippen molar-refractivity contribution in [2.24, 2.45) is 0 Å². The Bertz CT molecular complexity index is 535. The zero-order chi connectivity index (χ0) is 18.1. The van der Waals surface area contributed by atoms with E-state index in [-0.39, 0.29) is 12.1 Å². The number of likely N-dealkylation sites (tertiary alicyclic amines) is 2. The van der Waals surface area contributed by atoms with Crippen LogP contribution >= 0.6 is 0 Å². The maximum absolute atomic E-state index is 12.5. The number of carbonyl (C=O) groups is 2. The van der Waals surface area contributed by atoms with Crippen molar-refractivity contribution in [2.45, 2.75) is 76.0 Å². The normalized spacial score (nSPS) is 33.3. The van der Waals surface area contributed by atoms with Gasteiger partial charge in [-0.1, -0.05) is 12.8 Å². The quantitative estimate of drug-likeness (QED) is 0.832. The lowest BCUT2D eigenvalue weighted by Gasteiger charge is -2.41. The molecule has 146 valence electrons. The second-order valence-corrected chi connectivity index (χ2v) is 8.17. The number of nitrogens with zero attached hydrogens (tertiary/aromatic N) is 3. The Balaban J connectivity index is 1.29. The molecule has 4 rings (SSSR count). The number of ether oxygens (including phenoxy) is 1. The molecule has 0 aromatic heterocycles. The van der Waals surface area contributed by atoms with Gasteiger partial charge < -0.3 is 19.9 Å². The largest absolute Gasteiger partial charge is 0.450 e. The van der Waals surface area contributed by atoms with E-state index >= 15 is 0 Å². The van der Waals surface area contributed by atoms with Crippen LogP contribution in [-0.4, -0.2) is 83.8 Å². The number of carbonyl (C=O) groups excluding carboxylic acids is 2. The lowest BCUT2D eigenvalue weighted by atomic mass is 9.89. The van der Waals surface area contributed by atoms with E-state index in [0.717, 1.165) is 58.3 Å². The highest BCUT2D eigenvalue weighted by Crippen LogP contribution is 2.33. The summed E-state index contributed by atoms with van der Waals surface area (Å²) in [5.41, 5.74) is 0. The number of urea groups is 1. The van der Waals surface area contributed by atoms with Crippen LogP contribution in [0.4, 0.5) is 9.59 Å². The number of amides is 3. The second-order valence-electron chi connectivity index (χ2n) is 8.17. The van der Waals surface area contributed by atoms with Crippen molar-refractivity contribution >= 4 is 12.1 Å². The van der Waals surface area contributed by atoms with E-state index in [1.54, 1.807) is 0 Å². The molecule has 4 fully saturated rings. The third-order valence-corrected chi connectivity index (χ3v) is 6.73. The first-order chi connectivity index (χ1) is 12.7. The van der Waals surface area contributed by atoms with Crippen LogP contribution in [0.3, 0.4) is 0 Å². The highest BCUT2D eigenvalue weighted by Gasteiger charge is 2.44. The second kappa shape index (κ2) is 7.62. The number of nitrogens with one attached hydrogen (secondary N) is 1. The number of hydrogen-bond acceptors (Lipinski definition) is 4. The van der Waals surface area contributed by atoms with E-state index in [1.165, 1.54) is 12.8 Å². The number of fused-ring (bicyclic) bond motifs is 1. The van der Waals surface area contributed by atoms with Gasteiger partial charge in [0.1, 0.15) is 0 Å². The van der Waals surface area contributed by atoms with Crippen molar-refractivity contribution in [3.8, 4) is 0 Å². The maximum atomic E-state index is 12.5. The van der Waals surface area contributed by atoms with Crippen LogP contribution in [0.25, 0.3) is 0 Å². The topological polar surface area (TPSA) is 65.1 Å². The Labute approximate surface area is 156 Å². The van der Waals surface area contributed by atoms with Gasteiger partial charge in [0.05, 0.1) is 18.7 Å². The van der Waals surface area contributed by atoms with Gasteiger partial charge in [-0.2, -0.15) is 0 Å². The number of rotatable bonds is 3. The van der Waals surface area contributed by atoms with Crippen LogP contribution in [0, 0.1) is 0 Å². The fraction of sp³-hybridized carbons (Fsp3) is 0.895. The van der Waals surface area contributed by atoms with E-state index in [2.05, 4.69) is 15.1 Å². The molecule has 3 amide bonds. The Hall–Kier alpha value is -1.50. The zero-order valence-electron chi connectivity index (χ0n) is 15.9. The molecule has 0 unspecified atom stereocenters. The van der Waals surface area contributed by atoms with Crippen molar-refractivity contribution in [3.63, 3.8) is 0 Å². The van der Waals surface area contributed by atoms with Gasteiger partial charge in [-0.3, -0.25) is 4.90 Å². The highest BCUT2D eigenvalue weighted by atomic mass is 16.6. The summed E-state index contributed by atoms with van der Waals surface area (Å²) >= 11 is 0. The first kappa shape index (κ1) is 17.9. The van der Waals surface area contributed by atoms with Crippen LogP contribution in [0.5, 0.6) is 0 Å². The summed E-state index contributed by atoms with van der Waals surface area (Å²) in [6, 6.07) is 1.77. The summed E-state index contributed by atoms with van der Waals surface area (Å²) in [6.45, 7) is 5.90. The average Bonchev–Trinajstić information content (AvgIpc) is 3.26. The fourth-order valence-electron chi connectivity index (χ4n) is 5.38. The summed E-state index contributed by atoms with van der Waals surface area (Å²) < 4.78 is 5.13. The third kappa shape index (κ3) is 3.38. The maximum Gasteiger partial charge on any atom is 0.409 e. The molecule has 0 aromatic carbocycles. The molecule has 0 spiro atoms. The molecule has 1 saturated carbocycles. The molecule has 0 bridgehead atoms. The molecule has 26 heavy (non-hydrogen) atoms. The van der Waals surface area contributed by atoms with Crippen LogP contribution < -0.4 is 5.32 Å². The van der Waals surface area contributed by atoms with E-state index in [9.17, 15) is 9.59 Å². The van der Waals surface area contributed by atoms with Crippen molar-refractivity contribution in [3.05, 3.63) is 0 Å². The highest BCUT2D eigenvalue weighted by molar-refractivity contribution is 5.78.